The molecule has 0 bridgehead atoms. The second kappa shape index (κ2) is 9.44. The van der Waals surface area contributed by atoms with Crippen LogP contribution in [0.1, 0.15) is 43.2 Å². The molecule has 3 aromatic heterocycles. The number of aromatic nitrogens is 4. The topological polar surface area (TPSA) is 101 Å². The zero-order valence-corrected chi connectivity index (χ0v) is 19.7. The first-order valence-corrected chi connectivity index (χ1v) is 11.8. The highest BCUT2D eigenvalue weighted by Crippen LogP contribution is 2.31. The fourth-order valence-electron chi connectivity index (χ4n) is 4.67. The van der Waals surface area contributed by atoms with Crippen molar-refractivity contribution in [2.45, 2.75) is 52.1 Å². The molecule has 3 heterocycles. The average molecular weight is 475 g/mol. The van der Waals surface area contributed by atoms with E-state index in [0.717, 1.165) is 53.6 Å². The van der Waals surface area contributed by atoms with Gasteiger partial charge in [0.25, 0.3) is 0 Å². The van der Waals surface area contributed by atoms with Crippen molar-refractivity contribution < 1.29 is 19.0 Å². The Kier molecular flexibility index (Phi) is 6.19. The molecule has 0 aliphatic heterocycles. The van der Waals surface area contributed by atoms with Gasteiger partial charge in [-0.05, 0) is 75.3 Å². The minimum Gasteiger partial charge on any atom is -0.481 e. The Balaban J connectivity index is 1.27. The number of benzene rings is 1. The molecular weight excluding hydrogens is 447 g/mol. The van der Waals surface area contributed by atoms with Gasteiger partial charge in [0.1, 0.15) is 17.7 Å². The van der Waals surface area contributed by atoms with Crippen LogP contribution < -0.4 is 4.74 Å². The second-order valence-electron chi connectivity index (χ2n) is 9.34. The highest BCUT2D eigenvalue weighted by molar-refractivity contribution is 5.80. The van der Waals surface area contributed by atoms with Crippen LogP contribution in [0.15, 0.2) is 42.7 Å². The van der Waals surface area contributed by atoms with Crippen LogP contribution in [0, 0.1) is 25.6 Å². The minimum atomic E-state index is -0.729. The number of nitrogens with one attached hydrogen (secondary N) is 1. The Morgan fingerprint density at radius 2 is 1.83 bits per heavy atom. The Hall–Kier alpha value is -3.81. The predicted molar refractivity (Wildman–Crippen MR) is 131 cm³/mol. The van der Waals surface area contributed by atoms with Gasteiger partial charge in [0.15, 0.2) is 0 Å². The molecule has 1 fully saturated rings. The summed E-state index contributed by atoms with van der Waals surface area (Å²) in [7, 11) is 0. The zero-order chi connectivity index (χ0) is 24.5. The van der Waals surface area contributed by atoms with Gasteiger partial charge in [0.2, 0.25) is 5.88 Å². The third-order valence-corrected chi connectivity index (χ3v) is 6.66. The van der Waals surface area contributed by atoms with E-state index < -0.39 is 5.97 Å². The summed E-state index contributed by atoms with van der Waals surface area (Å²) in [6.45, 7) is 3.69. The lowest BCUT2D eigenvalue weighted by atomic mass is 9.85. The SMILES string of the molecule is Cc1cc2[nH]c(-c3ccc(-c4cnc(OC5CCC(CC(=O)O)CC5)c(C)c4)nc3)nc2cc1F. The van der Waals surface area contributed by atoms with Crippen LogP contribution in [0.3, 0.4) is 0 Å². The lowest BCUT2D eigenvalue weighted by Crippen LogP contribution is -2.25. The average Bonchev–Trinajstić information content (AvgIpc) is 3.24. The molecule has 5 rings (SSSR count). The van der Waals surface area contributed by atoms with E-state index in [1.165, 1.54) is 6.07 Å². The number of aliphatic carboxylic acids is 1. The number of carboxylic acid groups (broad SMARTS) is 1. The number of carboxylic acids is 1. The number of H-pyrrole nitrogens is 1. The van der Waals surface area contributed by atoms with Crippen LogP contribution in [0.2, 0.25) is 0 Å². The number of nitrogens with zero attached hydrogens (tertiary/aromatic N) is 3. The monoisotopic (exact) mass is 474 g/mol. The minimum absolute atomic E-state index is 0.0653. The summed E-state index contributed by atoms with van der Waals surface area (Å²) in [5.74, 6) is 0.483. The molecule has 0 radical (unpaired) electrons. The van der Waals surface area contributed by atoms with E-state index in [1.807, 2.05) is 25.1 Å². The molecule has 0 spiro atoms. The quantitative estimate of drug-likeness (QED) is 0.363. The van der Waals surface area contributed by atoms with Gasteiger partial charge in [-0.15, -0.1) is 0 Å². The molecule has 0 amide bonds. The van der Waals surface area contributed by atoms with Crippen molar-refractivity contribution in [1.82, 2.24) is 19.9 Å². The van der Waals surface area contributed by atoms with Crippen molar-refractivity contribution in [2.24, 2.45) is 5.92 Å². The Morgan fingerprint density at radius 1 is 1.06 bits per heavy atom. The first-order chi connectivity index (χ1) is 16.9. The number of hydrogen-bond acceptors (Lipinski definition) is 5. The molecular formula is C27H27FN4O3. The van der Waals surface area contributed by atoms with Gasteiger partial charge >= 0.3 is 5.97 Å². The van der Waals surface area contributed by atoms with Crippen LogP contribution in [-0.2, 0) is 4.79 Å². The molecule has 2 N–H and O–H groups in total. The molecule has 1 aliphatic rings. The van der Waals surface area contributed by atoms with Crippen molar-refractivity contribution in [3.63, 3.8) is 0 Å². The van der Waals surface area contributed by atoms with Crippen LogP contribution in [0.5, 0.6) is 5.88 Å². The summed E-state index contributed by atoms with van der Waals surface area (Å²) in [5.41, 5.74) is 5.34. The van der Waals surface area contributed by atoms with Gasteiger partial charge in [-0.1, -0.05) is 0 Å². The second-order valence-corrected chi connectivity index (χ2v) is 9.34. The van der Waals surface area contributed by atoms with Crippen LogP contribution in [0.4, 0.5) is 4.39 Å². The van der Waals surface area contributed by atoms with E-state index in [2.05, 4.69) is 19.9 Å². The third-order valence-electron chi connectivity index (χ3n) is 6.66. The standard InChI is InChI=1S/C27H27FN4O3/c1-15-10-23-24(12-21(15)28)32-26(31-23)18-5-8-22(29-13-18)19-9-16(2)27(30-14-19)35-20-6-3-17(4-7-20)11-25(33)34/h5,8-10,12-14,17,20H,3-4,6-7,11H2,1-2H3,(H,31,32)(H,33,34). The molecule has 4 aromatic rings. The summed E-state index contributed by atoms with van der Waals surface area (Å²) in [5, 5.41) is 8.98. The van der Waals surface area contributed by atoms with Crippen LogP contribution in [0.25, 0.3) is 33.7 Å². The molecule has 8 heteroatoms. The first kappa shape index (κ1) is 23.0. The highest BCUT2D eigenvalue weighted by Gasteiger charge is 2.25. The summed E-state index contributed by atoms with van der Waals surface area (Å²) < 4.78 is 20.0. The number of pyridine rings is 2. The first-order valence-electron chi connectivity index (χ1n) is 11.8. The number of aryl methyl sites for hydroxylation is 2. The van der Waals surface area contributed by atoms with Crippen molar-refractivity contribution in [2.75, 3.05) is 0 Å². The van der Waals surface area contributed by atoms with Gasteiger partial charge in [-0.2, -0.15) is 0 Å². The van der Waals surface area contributed by atoms with Gasteiger partial charge in [-0.3, -0.25) is 9.78 Å². The largest absolute Gasteiger partial charge is 0.481 e. The van der Waals surface area contributed by atoms with Gasteiger partial charge in [0.05, 0.1) is 16.7 Å². The fraction of sp³-hybridized carbons (Fsp3) is 0.333. The number of carbonyl (C=O) groups is 1. The number of aromatic amines is 1. The van der Waals surface area contributed by atoms with E-state index in [4.69, 9.17) is 9.84 Å². The Morgan fingerprint density at radius 3 is 2.51 bits per heavy atom. The van der Waals surface area contributed by atoms with Crippen molar-refractivity contribution >= 4 is 17.0 Å². The van der Waals surface area contributed by atoms with E-state index in [0.29, 0.717) is 22.8 Å². The molecule has 7 nitrogen and oxygen atoms in total. The smallest absolute Gasteiger partial charge is 0.303 e. The molecule has 0 atom stereocenters. The van der Waals surface area contributed by atoms with Crippen molar-refractivity contribution in [1.29, 1.82) is 0 Å². The van der Waals surface area contributed by atoms with Gasteiger partial charge in [-0.25, -0.2) is 14.4 Å². The number of ether oxygens (including phenoxy) is 1. The number of rotatable bonds is 6. The Labute approximate surface area is 202 Å². The van der Waals surface area contributed by atoms with E-state index >= 15 is 0 Å². The zero-order valence-electron chi connectivity index (χ0n) is 19.7. The Bertz CT molecular complexity index is 1340. The molecule has 35 heavy (non-hydrogen) atoms. The fourth-order valence-corrected chi connectivity index (χ4v) is 4.67. The van der Waals surface area contributed by atoms with Gasteiger partial charge < -0.3 is 14.8 Å². The van der Waals surface area contributed by atoms with Crippen molar-refractivity contribution in [3.05, 3.63) is 59.7 Å². The number of imidazole rings is 1. The van der Waals surface area contributed by atoms with Gasteiger partial charge in [0, 0.05) is 41.6 Å². The summed E-state index contributed by atoms with van der Waals surface area (Å²) in [6, 6.07) is 9.04. The van der Waals surface area contributed by atoms with Crippen LogP contribution in [-0.4, -0.2) is 37.1 Å². The molecule has 1 saturated carbocycles. The summed E-state index contributed by atoms with van der Waals surface area (Å²) in [6.07, 6.45) is 7.22. The highest BCUT2D eigenvalue weighted by atomic mass is 19.1. The van der Waals surface area contributed by atoms with Crippen molar-refractivity contribution in [3.8, 4) is 28.5 Å². The maximum atomic E-state index is 13.8. The number of halogens is 1. The van der Waals surface area contributed by atoms with E-state index in [1.54, 1.807) is 25.4 Å². The molecule has 1 aromatic carbocycles. The van der Waals surface area contributed by atoms with Crippen LogP contribution >= 0.6 is 0 Å². The number of fused-ring (bicyclic) bond motifs is 1. The lowest BCUT2D eigenvalue weighted by Gasteiger charge is -2.28. The molecule has 1 aliphatic carbocycles. The maximum absolute atomic E-state index is 13.8. The maximum Gasteiger partial charge on any atom is 0.303 e. The lowest BCUT2D eigenvalue weighted by molar-refractivity contribution is -0.138. The predicted octanol–water partition coefficient (Wildman–Crippen LogP) is 5.86. The summed E-state index contributed by atoms with van der Waals surface area (Å²) >= 11 is 0. The molecule has 0 unspecified atom stereocenters. The molecule has 0 saturated heterocycles. The number of hydrogen-bond donors (Lipinski definition) is 2. The third kappa shape index (κ3) is 5.01. The van der Waals surface area contributed by atoms with E-state index in [9.17, 15) is 9.18 Å². The normalized spacial score (nSPS) is 18.0. The van der Waals surface area contributed by atoms with E-state index in [-0.39, 0.29) is 24.3 Å². The molecule has 180 valence electrons. The summed E-state index contributed by atoms with van der Waals surface area (Å²) in [4.78, 5) is 27.8.